The van der Waals surface area contributed by atoms with Crippen LogP contribution in [-0.4, -0.2) is 33.6 Å². The van der Waals surface area contributed by atoms with Gasteiger partial charge in [-0.3, -0.25) is 0 Å². The highest BCUT2D eigenvalue weighted by Gasteiger charge is 2.38. The Labute approximate surface area is 128 Å². The van der Waals surface area contributed by atoms with Crippen molar-refractivity contribution in [1.82, 2.24) is 0 Å². The minimum Gasteiger partial charge on any atom is -0.393 e. The fourth-order valence-electron chi connectivity index (χ4n) is 4.03. The summed E-state index contributed by atoms with van der Waals surface area (Å²) in [5.41, 5.74) is 1.27. The third-order valence-corrected chi connectivity index (χ3v) is 5.06. The van der Waals surface area contributed by atoms with Gasteiger partial charge in [-0.15, -0.1) is 0 Å². The molecule has 0 aromatic carbocycles. The minimum absolute atomic E-state index is 0.208. The van der Waals surface area contributed by atoms with E-state index in [1.165, 1.54) is 5.57 Å². The molecule has 2 aliphatic carbocycles. The van der Waals surface area contributed by atoms with Crippen molar-refractivity contribution in [2.75, 3.05) is 0 Å². The molecule has 0 aromatic rings. The second-order valence-corrected chi connectivity index (χ2v) is 7.17. The highest BCUT2D eigenvalue weighted by Crippen LogP contribution is 2.43. The van der Waals surface area contributed by atoms with Crippen LogP contribution in [0.5, 0.6) is 0 Å². The molecule has 0 fully saturated rings. The van der Waals surface area contributed by atoms with E-state index in [1.807, 2.05) is 0 Å². The van der Waals surface area contributed by atoms with Crippen molar-refractivity contribution in [3.63, 3.8) is 0 Å². The molecule has 3 heteroatoms. The summed E-state index contributed by atoms with van der Waals surface area (Å²) in [6, 6.07) is 0. The average molecular weight is 294 g/mol. The van der Waals surface area contributed by atoms with Gasteiger partial charge in [0, 0.05) is 5.92 Å². The Hall–Kier alpha value is -0.640. The van der Waals surface area contributed by atoms with Crippen molar-refractivity contribution in [3.05, 3.63) is 23.8 Å². The second kappa shape index (κ2) is 7.08. The van der Waals surface area contributed by atoms with Crippen LogP contribution in [0.1, 0.15) is 46.5 Å². The minimum atomic E-state index is -0.458. The van der Waals surface area contributed by atoms with Crippen LogP contribution in [0.4, 0.5) is 0 Å². The molecule has 2 aliphatic rings. The zero-order valence-electron chi connectivity index (χ0n) is 13.4. The largest absolute Gasteiger partial charge is 0.393 e. The molecule has 0 amide bonds. The molecule has 0 saturated heterocycles. The fraction of sp³-hybridized carbons (Fsp3) is 0.778. The van der Waals surface area contributed by atoms with Crippen LogP contribution in [0.25, 0.3) is 0 Å². The maximum Gasteiger partial charge on any atom is 0.0617 e. The summed E-state index contributed by atoms with van der Waals surface area (Å²) >= 11 is 0. The average Bonchev–Trinajstić information content (AvgIpc) is 2.37. The van der Waals surface area contributed by atoms with Gasteiger partial charge in [0.2, 0.25) is 0 Å². The van der Waals surface area contributed by atoms with Crippen molar-refractivity contribution < 1.29 is 15.3 Å². The van der Waals surface area contributed by atoms with Crippen molar-refractivity contribution in [1.29, 1.82) is 0 Å². The van der Waals surface area contributed by atoms with Crippen molar-refractivity contribution >= 4 is 0 Å². The van der Waals surface area contributed by atoms with Gasteiger partial charge in [0.1, 0.15) is 0 Å². The number of aliphatic hydroxyl groups is 3. The number of rotatable bonds is 5. The van der Waals surface area contributed by atoms with Gasteiger partial charge >= 0.3 is 0 Å². The maximum absolute atomic E-state index is 10.5. The molecule has 2 rings (SSSR count). The monoisotopic (exact) mass is 294 g/mol. The number of hydrogen-bond donors (Lipinski definition) is 3. The number of hydrogen-bond acceptors (Lipinski definition) is 3. The first-order chi connectivity index (χ1) is 9.88. The lowest BCUT2D eigenvalue weighted by Crippen LogP contribution is -2.38. The van der Waals surface area contributed by atoms with Gasteiger partial charge < -0.3 is 15.3 Å². The smallest absolute Gasteiger partial charge is 0.0617 e. The molecule has 0 saturated carbocycles. The van der Waals surface area contributed by atoms with E-state index in [0.29, 0.717) is 30.6 Å². The Morgan fingerprint density at radius 1 is 1.29 bits per heavy atom. The third kappa shape index (κ3) is 4.18. The van der Waals surface area contributed by atoms with Crippen LogP contribution in [0.2, 0.25) is 0 Å². The molecule has 0 aliphatic heterocycles. The van der Waals surface area contributed by atoms with Crippen LogP contribution in [-0.2, 0) is 0 Å². The standard InChI is InChI=1S/C18H30O3/c1-11-8-14-5-4-12(2)16(18(14)17(21)9-11)7-6-15(20)10-13(3)19/h4-5,8,11-13,15-21H,6-7,9-10H2,1-3H3/t11-,12-,13-,15+,16-,17-,18?/m0/s1. The van der Waals surface area contributed by atoms with E-state index in [2.05, 4.69) is 32.1 Å². The van der Waals surface area contributed by atoms with E-state index in [0.717, 1.165) is 12.8 Å². The van der Waals surface area contributed by atoms with E-state index in [4.69, 9.17) is 0 Å². The molecule has 21 heavy (non-hydrogen) atoms. The molecule has 3 nitrogen and oxygen atoms in total. The normalized spacial score (nSPS) is 38.6. The molecule has 0 aromatic heterocycles. The van der Waals surface area contributed by atoms with Gasteiger partial charge in [-0.2, -0.15) is 0 Å². The van der Waals surface area contributed by atoms with Gasteiger partial charge in [-0.25, -0.2) is 0 Å². The predicted molar refractivity (Wildman–Crippen MR) is 84.7 cm³/mol. The Morgan fingerprint density at radius 2 is 2.00 bits per heavy atom. The van der Waals surface area contributed by atoms with Gasteiger partial charge in [-0.1, -0.05) is 32.1 Å². The molecular weight excluding hydrogens is 264 g/mol. The predicted octanol–water partition coefficient (Wildman–Crippen LogP) is 2.66. The van der Waals surface area contributed by atoms with E-state index in [1.54, 1.807) is 6.92 Å². The molecule has 3 N–H and O–H groups in total. The highest BCUT2D eigenvalue weighted by molar-refractivity contribution is 5.31. The van der Waals surface area contributed by atoms with Crippen molar-refractivity contribution in [3.8, 4) is 0 Å². The van der Waals surface area contributed by atoms with Crippen LogP contribution in [0, 0.1) is 23.7 Å². The lowest BCUT2D eigenvalue weighted by Gasteiger charge is -2.41. The SMILES string of the molecule is C[C@H](O)C[C@H](O)CC[C@@H]1C2C(=C[C@H](C)C[C@@H]2O)C=C[C@@H]1C. The number of allylic oxidation sites excluding steroid dienone is 3. The summed E-state index contributed by atoms with van der Waals surface area (Å²) in [6.45, 7) is 6.06. The zero-order valence-corrected chi connectivity index (χ0v) is 13.4. The Kier molecular flexibility index (Phi) is 5.64. The van der Waals surface area contributed by atoms with E-state index in [9.17, 15) is 15.3 Å². The Morgan fingerprint density at radius 3 is 2.67 bits per heavy atom. The molecule has 1 unspecified atom stereocenters. The van der Waals surface area contributed by atoms with Crippen molar-refractivity contribution in [2.24, 2.45) is 23.7 Å². The van der Waals surface area contributed by atoms with E-state index in [-0.39, 0.29) is 12.0 Å². The van der Waals surface area contributed by atoms with Crippen LogP contribution in [0.15, 0.2) is 23.8 Å². The summed E-state index contributed by atoms with van der Waals surface area (Å²) in [5.74, 6) is 1.45. The molecule has 0 heterocycles. The summed E-state index contributed by atoms with van der Waals surface area (Å²) in [5, 5.41) is 29.8. The van der Waals surface area contributed by atoms with Gasteiger partial charge in [-0.05, 0) is 55.9 Å². The number of fused-ring (bicyclic) bond motifs is 1. The van der Waals surface area contributed by atoms with Gasteiger partial charge in [0.15, 0.2) is 0 Å². The third-order valence-electron chi connectivity index (χ3n) is 5.06. The first-order valence-corrected chi connectivity index (χ1v) is 8.32. The molecule has 7 atom stereocenters. The first-order valence-electron chi connectivity index (χ1n) is 8.32. The molecule has 0 radical (unpaired) electrons. The molecule has 0 spiro atoms. The maximum atomic E-state index is 10.5. The molecule has 120 valence electrons. The number of aliphatic hydroxyl groups excluding tert-OH is 3. The summed E-state index contributed by atoms with van der Waals surface area (Å²) in [4.78, 5) is 0. The van der Waals surface area contributed by atoms with Crippen molar-refractivity contribution in [2.45, 2.75) is 64.8 Å². The lowest BCUT2D eigenvalue weighted by molar-refractivity contribution is 0.0395. The highest BCUT2D eigenvalue weighted by atomic mass is 16.3. The fourth-order valence-corrected chi connectivity index (χ4v) is 4.03. The quantitative estimate of drug-likeness (QED) is 0.730. The van der Waals surface area contributed by atoms with E-state index >= 15 is 0 Å². The van der Waals surface area contributed by atoms with Gasteiger partial charge in [0.25, 0.3) is 0 Å². The van der Waals surface area contributed by atoms with E-state index < -0.39 is 12.2 Å². The van der Waals surface area contributed by atoms with Gasteiger partial charge in [0.05, 0.1) is 18.3 Å². The summed E-state index contributed by atoms with van der Waals surface area (Å²) in [6.07, 6.45) is 8.38. The molecular formula is C18H30O3. The molecule has 0 bridgehead atoms. The second-order valence-electron chi connectivity index (χ2n) is 7.17. The topological polar surface area (TPSA) is 60.7 Å². The van der Waals surface area contributed by atoms with Crippen LogP contribution >= 0.6 is 0 Å². The Balaban J connectivity index is 2.04. The zero-order chi connectivity index (χ0) is 15.6. The van der Waals surface area contributed by atoms with Crippen LogP contribution < -0.4 is 0 Å². The lowest BCUT2D eigenvalue weighted by atomic mass is 9.65. The summed E-state index contributed by atoms with van der Waals surface area (Å²) in [7, 11) is 0. The van der Waals surface area contributed by atoms with Crippen LogP contribution in [0.3, 0.4) is 0 Å². The summed E-state index contributed by atoms with van der Waals surface area (Å²) < 4.78 is 0. The first kappa shape index (κ1) is 16.7. The Bertz CT molecular complexity index is 399.